The highest BCUT2D eigenvalue weighted by Crippen LogP contribution is 2.31. The second-order valence-electron chi connectivity index (χ2n) is 6.95. The summed E-state index contributed by atoms with van der Waals surface area (Å²) < 4.78 is 12.8. The van der Waals surface area contributed by atoms with Crippen LogP contribution in [0.3, 0.4) is 0 Å². The van der Waals surface area contributed by atoms with E-state index in [9.17, 15) is 0 Å². The zero-order valence-corrected chi connectivity index (χ0v) is 18.1. The minimum atomic E-state index is 0.109. The number of pyridine rings is 1. The number of ether oxygens (including phenoxy) is 2. The molecule has 3 rings (SSSR count). The zero-order valence-electron chi connectivity index (χ0n) is 18.1. The van der Waals surface area contributed by atoms with Crippen molar-refractivity contribution in [1.29, 1.82) is 0 Å². The molecule has 0 radical (unpaired) electrons. The summed E-state index contributed by atoms with van der Waals surface area (Å²) in [6.07, 6.45) is 1.95. The van der Waals surface area contributed by atoms with Crippen molar-refractivity contribution in [2.75, 3.05) is 41.9 Å². The van der Waals surface area contributed by atoms with E-state index < -0.39 is 0 Å². The molecule has 2 aromatic heterocycles. The van der Waals surface area contributed by atoms with Crippen molar-refractivity contribution in [2.45, 2.75) is 12.6 Å². The standard InChI is InChI=1S/C21H29N7O2/c1-22-21(24-14-20-26-25-19-8-6-7-11-28(19)20)23-13-16(27(2)3)15-9-10-17(29-4)18(12-15)30-5/h6-12,16H,13-14H2,1-5H3,(H2,22,23,24). The van der Waals surface area contributed by atoms with Gasteiger partial charge < -0.3 is 25.0 Å². The molecule has 2 N–H and O–H groups in total. The molecule has 0 aliphatic rings. The number of benzene rings is 1. The first-order valence-electron chi connectivity index (χ1n) is 9.69. The Kier molecular flexibility index (Phi) is 7.08. The molecule has 0 saturated carbocycles. The summed E-state index contributed by atoms with van der Waals surface area (Å²) in [7, 11) is 9.11. The number of aromatic nitrogens is 3. The number of hydrogen-bond acceptors (Lipinski definition) is 6. The molecular weight excluding hydrogens is 382 g/mol. The van der Waals surface area contributed by atoms with Gasteiger partial charge in [-0.1, -0.05) is 12.1 Å². The molecule has 9 heteroatoms. The Morgan fingerprint density at radius 3 is 2.60 bits per heavy atom. The Labute approximate surface area is 176 Å². The van der Waals surface area contributed by atoms with E-state index in [2.05, 4.69) is 30.7 Å². The maximum Gasteiger partial charge on any atom is 0.191 e. The molecule has 1 aromatic carbocycles. The van der Waals surface area contributed by atoms with Crippen LogP contribution in [0.1, 0.15) is 17.4 Å². The molecule has 0 aliphatic carbocycles. The normalized spacial score (nSPS) is 12.8. The van der Waals surface area contributed by atoms with Crippen LogP contribution in [0.25, 0.3) is 5.65 Å². The molecule has 2 heterocycles. The van der Waals surface area contributed by atoms with Gasteiger partial charge in [-0.25, -0.2) is 0 Å². The third kappa shape index (κ3) is 4.80. The molecule has 1 atom stereocenters. The van der Waals surface area contributed by atoms with Gasteiger partial charge in [0.2, 0.25) is 0 Å². The number of guanidine groups is 1. The largest absolute Gasteiger partial charge is 0.493 e. The summed E-state index contributed by atoms with van der Waals surface area (Å²) in [5.74, 6) is 2.93. The fourth-order valence-electron chi connectivity index (χ4n) is 3.25. The maximum absolute atomic E-state index is 5.45. The van der Waals surface area contributed by atoms with Gasteiger partial charge in [0.1, 0.15) is 0 Å². The van der Waals surface area contributed by atoms with Gasteiger partial charge in [-0.2, -0.15) is 0 Å². The molecule has 9 nitrogen and oxygen atoms in total. The lowest BCUT2D eigenvalue weighted by atomic mass is 10.1. The minimum absolute atomic E-state index is 0.109. The van der Waals surface area contributed by atoms with Crippen LogP contribution in [0.2, 0.25) is 0 Å². The van der Waals surface area contributed by atoms with E-state index in [1.54, 1.807) is 21.3 Å². The maximum atomic E-state index is 5.45. The van der Waals surface area contributed by atoms with Crippen LogP contribution >= 0.6 is 0 Å². The molecule has 0 saturated heterocycles. The van der Waals surface area contributed by atoms with Crippen LogP contribution in [0.5, 0.6) is 11.5 Å². The van der Waals surface area contributed by atoms with Crippen molar-refractivity contribution in [1.82, 2.24) is 30.1 Å². The van der Waals surface area contributed by atoms with Crippen molar-refractivity contribution >= 4 is 11.6 Å². The fourth-order valence-corrected chi connectivity index (χ4v) is 3.25. The van der Waals surface area contributed by atoms with Gasteiger partial charge in [0, 0.05) is 19.8 Å². The average molecular weight is 412 g/mol. The van der Waals surface area contributed by atoms with Gasteiger partial charge in [-0.15, -0.1) is 10.2 Å². The van der Waals surface area contributed by atoms with Crippen molar-refractivity contribution in [3.05, 3.63) is 54.0 Å². The lowest BCUT2D eigenvalue weighted by Gasteiger charge is -2.26. The topological polar surface area (TPSA) is 88.3 Å². The van der Waals surface area contributed by atoms with E-state index in [0.717, 1.165) is 17.0 Å². The van der Waals surface area contributed by atoms with Crippen LogP contribution in [-0.4, -0.2) is 67.4 Å². The molecule has 0 amide bonds. The third-order valence-electron chi connectivity index (χ3n) is 4.90. The second-order valence-corrected chi connectivity index (χ2v) is 6.95. The highest BCUT2D eigenvalue weighted by molar-refractivity contribution is 5.79. The molecular formula is C21H29N7O2. The molecule has 0 fully saturated rings. The predicted molar refractivity (Wildman–Crippen MR) is 117 cm³/mol. The van der Waals surface area contributed by atoms with E-state index in [4.69, 9.17) is 9.47 Å². The van der Waals surface area contributed by atoms with Crippen LogP contribution in [0.4, 0.5) is 0 Å². The minimum Gasteiger partial charge on any atom is -0.493 e. The quantitative estimate of drug-likeness (QED) is 0.431. The summed E-state index contributed by atoms with van der Waals surface area (Å²) in [5.41, 5.74) is 1.93. The van der Waals surface area contributed by atoms with Crippen LogP contribution in [0, 0.1) is 0 Å². The number of nitrogens with zero attached hydrogens (tertiary/aromatic N) is 5. The molecule has 0 spiro atoms. The SMILES string of the molecule is CN=C(NCc1nnc2ccccn12)NCC(c1ccc(OC)c(OC)c1)N(C)C. The lowest BCUT2D eigenvalue weighted by molar-refractivity contribution is 0.295. The Bertz CT molecular complexity index is 1000. The molecule has 0 bridgehead atoms. The van der Waals surface area contributed by atoms with Gasteiger partial charge in [0.25, 0.3) is 0 Å². The first kappa shape index (κ1) is 21.4. The van der Waals surface area contributed by atoms with E-state index in [0.29, 0.717) is 30.5 Å². The third-order valence-corrected chi connectivity index (χ3v) is 4.90. The number of likely N-dealkylation sites (N-methyl/N-ethyl adjacent to an activating group) is 1. The average Bonchev–Trinajstić information content (AvgIpc) is 3.18. The Hall–Kier alpha value is -3.33. The van der Waals surface area contributed by atoms with Gasteiger partial charge in [0.05, 0.1) is 26.8 Å². The summed E-state index contributed by atoms with van der Waals surface area (Å²) in [6.45, 7) is 1.16. The Morgan fingerprint density at radius 2 is 1.90 bits per heavy atom. The number of nitrogens with one attached hydrogen (secondary N) is 2. The monoisotopic (exact) mass is 411 g/mol. The summed E-state index contributed by atoms with van der Waals surface area (Å²) in [4.78, 5) is 6.47. The number of hydrogen-bond donors (Lipinski definition) is 2. The van der Waals surface area contributed by atoms with Crippen LogP contribution in [0.15, 0.2) is 47.6 Å². The van der Waals surface area contributed by atoms with Gasteiger partial charge in [0.15, 0.2) is 28.9 Å². The second kappa shape index (κ2) is 9.93. The Balaban J connectivity index is 1.66. The fraction of sp³-hybridized carbons (Fsp3) is 0.381. The van der Waals surface area contributed by atoms with E-state index in [1.807, 2.05) is 61.1 Å². The van der Waals surface area contributed by atoms with Crippen molar-refractivity contribution < 1.29 is 9.47 Å². The van der Waals surface area contributed by atoms with Gasteiger partial charge in [-0.05, 0) is 43.9 Å². The zero-order chi connectivity index (χ0) is 21.5. The van der Waals surface area contributed by atoms with E-state index in [1.165, 1.54) is 0 Å². The lowest BCUT2D eigenvalue weighted by Crippen LogP contribution is -2.41. The van der Waals surface area contributed by atoms with Crippen LogP contribution in [-0.2, 0) is 6.54 Å². The van der Waals surface area contributed by atoms with Crippen LogP contribution < -0.4 is 20.1 Å². The smallest absolute Gasteiger partial charge is 0.191 e. The summed E-state index contributed by atoms with van der Waals surface area (Å²) in [6, 6.07) is 11.9. The molecule has 160 valence electrons. The number of methoxy groups -OCH3 is 2. The first-order valence-corrected chi connectivity index (χ1v) is 9.69. The van der Waals surface area contributed by atoms with Crippen molar-refractivity contribution in [2.24, 2.45) is 4.99 Å². The number of rotatable bonds is 8. The van der Waals surface area contributed by atoms with E-state index in [-0.39, 0.29) is 6.04 Å². The highest BCUT2D eigenvalue weighted by atomic mass is 16.5. The number of fused-ring (bicyclic) bond motifs is 1. The van der Waals surface area contributed by atoms with E-state index >= 15 is 0 Å². The molecule has 30 heavy (non-hydrogen) atoms. The van der Waals surface area contributed by atoms with Gasteiger partial charge in [-0.3, -0.25) is 9.39 Å². The van der Waals surface area contributed by atoms with Gasteiger partial charge >= 0.3 is 0 Å². The summed E-state index contributed by atoms with van der Waals surface area (Å²) >= 11 is 0. The summed E-state index contributed by atoms with van der Waals surface area (Å²) in [5, 5.41) is 15.1. The molecule has 3 aromatic rings. The highest BCUT2D eigenvalue weighted by Gasteiger charge is 2.17. The molecule has 1 unspecified atom stereocenters. The van der Waals surface area contributed by atoms with Crippen molar-refractivity contribution in [3.8, 4) is 11.5 Å². The Morgan fingerprint density at radius 1 is 1.10 bits per heavy atom. The first-order chi connectivity index (χ1) is 14.6. The number of aliphatic imine (C=N–C) groups is 1. The molecule has 0 aliphatic heterocycles. The van der Waals surface area contributed by atoms with Crippen molar-refractivity contribution in [3.63, 3.8) is 0 Å². The predicted octanol–water partition coefficient (Wildman–Crippen LogP) is 1.71.